The molecule has 0 fully saturated rings. The molecule has 1 atom stereocenters. The Morgan fingerprint density at radius 2 is 1.92 bits per heavy atom. The molecule has 0 aromatic heterocycles. The topological polar surface area (TPSA) is 60.0 Å². The minimum absolute atomic E-state index is 0.00863. The van der Waals surface area contributed by atoms with Gasteiger partial charge in [-0.3, -0.25) is 4.79 Å². The van der Waals surface area contributed by atoms with Gasteiger partial charge in [-0.2, -0.15) is 0 Å². The van der Waals surface area contributed by atoms with Crippen molar-refractivity contribution < 1.29 is 19.0 Å². The molecule has 0 unspecified atom stereocenters. The van der Waals surface area contributed by atoms with Crippen LogP contribution >= 0.6 is 0 Å². The van der Waals surface area contributed by atoms with E-state index in [0.29, 0.717) is 12.3 Å². The molecule has 6 nitrogen and oxygen atoms in total. The van der Waals surface area contributed by atoms with E-state index in [0.717, 1.165) is 17.1 Å². The van der Waals surface area contributed by atoms with E-state index in [2.05, 4.69) is 10.2 Å². The van der Waals surface area contributed by atoms with E-state index >= 15 is 0 Å². The Bertz CT molecular complexity index is 719. The molecule has 1 aliphatic rings. The van der Waals surface area contributed by atoms with Crippen molar-refractivity contribution in [3.8, 4) is 17.2 Å². The van der Waals surface area contributed by atoms with Crippen molar-refractivity contribution in [3.05, 3.63) is 54.1 Å². The summed E-state index contributed by atoms with van der Waals surface area (Å²) >= 11 is 0. The quantitative estimate of drug-likeness (QED) is 0.836. The van der Waals surface area contributed by atoms with Gasteiger partial charge in [-0.15, -0.1) is 0 Å². The Hall–Kier alpha value is -2.73. The van der Waals surface area contributed by atoms with E-state index in [-0.39, 0.29) is 25.3 Å². The molecule has 0 saturated heterocycles. The summed E-state index contributed by atoms with van der Waals surface area (Å²) in [4.78, 5) is 14.1. The van der Waals surface area contributed by atoms with Gasteiger partial charge in [0.15, 0.2) is 18.1 Å². The largest absolute Gasteiger partial charge is 0.484 e. The second kappa shape index (κ2) is 7.90. The maximum Gasteiger partial charge on any atom is 0.258 e. The molecule has 2 aromatic carbocycles. The predicted molar refractivity (Wildman–Crippen MR) is 93.9 cm³/mol. The van der Waals surface area contributed by atoms with E-state index < -0.39 is 0 Å². The zero-order chi connectivity index (χ0) is 17.6. The van der Waals surface area contributed by atoms with Crippen molar-refractivity contribution in [2.24, 2.45) is 0 Å². The van der Waals surface area contributed by atoms with Crippen LogP contribution < -0.4 is 19.5 Å². The highest BCUT2D eigenvalue weighted by molar-refractivity contribution is 5.77. The molecule has 1 N–H and O–H groups in total. The van der Waals surface area contributed by atoms with Crippen LogP contribution in [0.1, 0.15) is 11.6 Å². The Kier molecular flexibility index (Phi) is 5.40. The lowest BCUT2D eigenvalue weighted by molar-refractivity contribution is -0.123. The van der Waals surface area contributed by atoms with Gasteiger partial charge in [-0.05, 0) is 43.9 Å². The number of ether oxygens (including phenoxy) is 3. The van der Waals surface area contributed by atoms with Gasteiger partial charge >= 0.3 is 0 Å². The van der Waals surface area contributed by atoms with Gasteiger partial charge < -0.3 is 24.4 Å². The summed E-state index contributed by atoms with van der Waals surface area (Å²) in [7, 11) is 3.95. The molecule has 0 aliphatic carbocycles. The van der Waals surface area contributed by atoms with Crippen molar-refractivity contribution in [2.45, 2.75) is 6.04 Å². The summed E-state index contributed by atoms with van der Waals surface area (Å²) in [6.07, 6.45) is 0. The third-order valence-corrected chi connectivity index (χ3v) is 4.01. The monoisotopic (exact) mass is 342 g/mol. The number of nitrogens with one attached hydrogen (secondary N) is 1. The fraction of sp³-hybridized carbons (Fsp3) is 0.316. The van der Waals surface area contributed by atoms with Crippen LogP contribution in [0.25, 0.3) is 0 Å². The van der Waals surface area contributed by atoms with Crippen LogP contribution in [-0.4, -0.2) is 44.8 Å². The van der Waals surface area contributed by atoms with E-state index in [1.165, 1.54) is 0 Å². The number of likely N-dealkylation sites (N-methyl/N-ethyl adjacent to an activating group) is 1. The molecule has 1 amide bonds. The number of carbonyl (C=O) groups is 1. The van der Waals surface area contributed by atoms with Crippen molar-refractivity contribution in [3.63, 3.8) is 0 Å². The second-order valence-electron chi connectivity index (χ2n) is 6.00. The Morgan fingerprint density at radius 1 is 1.16 bits per heavy atom. The lowest BCUT2D eigenvalue weighted by atomic mass is 10.1. The van der Waals surface area contributed by atoms with Gasteiger partial charge in [0.25, 0.3) is 5.91 Å². The summed E-state index contributed by atoms with van der Waals surface area (Å²) in [5, 5.41) is 2.92. The molecule has 1 aliphatic heterocycles. The average Bonchev–Trinajstić information content (AvgIpc) is 3.08. The van der Waals surface area contributed by atoms with Gasteiger partial charge in [-0.25, -0.2) is 0 Å². The van der Waals surface area contributed by atoms with E-state index in [9.17, 15) is 4.79 Å². The van der Waals surface area contributed by atoms with Crippen molar-refractivity contribution in [2.75, 3.05) is 34.0 Å². The number of hydrogen-bond donors (Lipinski definition) is 1. The Balaban J connectivity index is 1.56. The molecule has 25 heavy (non-hydrogen) atoms. The number of fused-ring (bicyclic) bond motifs is 1. The summed E-state index contributed by atoms with van der Waals surface area (Å²) in [6.45, 7) is 0.716. The van der Waals surface area contributed by atoms with Crippen LogP contribution in [0.15, 0.2) is 48.5 Å². The molecule has 2 aromatic rings. The molecule has 6 heteroatoms. The molecule has 0 spiro atoms. The number of hydrogen-bond acceptors (Lipinski definition) is 5. The standard InChI is InChI=1S/C19H22N2O4/c1-21(2)16(14-8-9-17-18(10-14)25-13-24-17)11-20-19(22)12-23-15-6-4-3-5-7-15/h3-10,16H,11-13H2,1-2H3,(H,20,22)/t16-/m0/s1. The fourth-order valence-electron chi connectivity index (χ4n) is 2.65. The maximum atomic E-state index is 12.1. The van der Waals surface area contributed by atoms with Crippen molar-refractivity contribution >= 4 is 5.91 Å². The van der Waals surface area contributed by atoms with Crippen LogP contribution in [0.4, 0.5) is 0 Å². The van der Waals surface area contributed by atoms with Crippen molar-refractivity contribution in [1.29, 1.82) is 0 Å². The molecule has 1 heterocycles. The highest BCUT2D eigenvalue weighted by atomic mass is 16.7. The molecule has 0 saturated carbocycles. The summed E-state index contributed by atoms with van der Waals surface area (Å²) in [5.41, 5.74) is 1.05. The number of amides is 1. The first-order valence-electron chi connectivity index (χ1n) is 8.14. The minimum Gasteiger partial charge on any atom is -0.484 e. The van der Waals surface area contributed by atoms with Gasteiger partial charge in [0.2, 0.25) is 6.79 Å². The summed E-state index contributed by atoms with van der Waals surface area (Å²) < 4.78 is 16.2. The number of rotatable bonds is 7. The highest BCUT2D eigenvalue weighted by Crippen LogP contribution is 2.34. The smallest absolute Gasteiger partial charge is 0.258 e. The van der Waals surface area contributed by atoms with Crippen molar-refractivity contribution in [1.82, 2.24) is 10.2 Å². The number of para-hydroxylation sites is 1. The van der Waals surface area contributed by atoms with E-state index in [1.54, 1.807) is 0 Å². The zero-order valence-corrected chi connectivity index (χ0v) is 14.4. The number of nitrogens with zero attached hydrogens (tertiary/aromatic N) is 1. The summed E-state index contributed by atoms with van der Waals surface area (Å²) in [6, 6.07) is 15.2. The first kappa shape index (κ1) is 17.1. The molecule has 0 bridgehead atoms. The first-order chi connectivity index (χ1) is 12.1. The van der Waals surface area contributed by atoms with Crippen LogP contribution in [0, 0.1) is 0 Å². The first-order valence-corrected chi connectivity index (χ1v) is 8.14. The maximum absolute atomic E-state index is 12.1. The minimum atomic E-state index is -0.156. The lowest BCUT2D eigenvalue weighted by Crippen LogP contribution is -2.36. The summed E-state index contributed by atoms with van der Waals surface area (Å²) in [5.74, 6) is 2.01. The van der Waals surface area contributed by atoms with Gasteiger partial charge in [0.1, 0.15) is 5.75 Å². The molecule has 3 rings (SSSR count). The average molecular weight is 342 g/mol. The van der Waals surface area contributed by atoms with E-state index in [1.807, 2.05) is 62.6 Å². The van der Waals surface area contributed by atoms with Crippen LogP contribution in [0.5, 0.6) is 17.2 Å². The molecular formula is C19H22N2O4. The van der Waals surface area contributed by atoms with Crippen LogP contribution in [0.2, 0.25) is 0 Å². The molecule has 0 radical (unpaired) electrons. The third kappa shape index (κ3) is 4.42. The normalized spacial score (nSPS) is 13.6. The van der Waals surface area contributed by atoms with Crippen LogP contribution in [-0.2, 0) is 4.79 Å². The van der Waals surface area contributed by atoms with Gasteiger partial charge in [0.05, 0.1) is 6.04 Å². The molecular weight excluding hydrogens is 320 g/mol. The third-order valence-electron chi connectivity index (χ3n) is 4.01. The lowest BCUT2D eigenvalue weighted by Gasteiger charge is -2.25. The SMILES string of the molecule is CN(C)[C@@H](CNC(=O)COc1ccccc1)c1ccc2c(c1)OCO2. The van der Waals surface area contributed by atoms with Crippen LogP contribution in [0.3, 0.4) is 0 Å². The van der Waals surface area contributed by atoms with Gasteiger partial charge in [0, 0.05) is 6.54 Å². The van der Waals surface area contributed by atoms with E-state index in [4.69, 9.17) is 14.2 Å². The second-order valence-corrected chi connectivity index (χ2v) is 6.00. The predicted octanol–water partition coefficient (Wildman–Crippen LogP) is 2.21. The highest BCUT2D eigenvalue weighted by Gasteiger charge is 2.20. The van der Waals surface area contributed by atoms with Gasteiger partial charge in [-0.1, -0.05) is 24.3 Å². The fourth-order valence-corrected chi connectivity index (χ4v) is 2.65. The number of carbonyl (C=O) groups excluding carboxylic acids is 1. The zero-order valence-electron chi connectivity index (χ0n) is 14.4. The number of benzene rings is 2. The molecule has 132 valence electrons. The Morgan fingerprint density at radius 3 is 2.68 bits per heavy atom. The Labute approximate surface area is 147 Å².